The number of halogens is 1. The fourth-order valence-electron chi connectivity index (χ4n) is 2.93. The van der Waals surface area contributed by atoms with Crippen LogP contribution < -0.4 is 0 Å². The molecule has 0 atom stereocenters. The van der Waals surface area contributed by atoms with Crippen LogP contribution in [0.1, 0.15) is 21.5 Å². The molecule has 3 aromatic rings. The Morgan fingerprint density at radius 1 is 0.667 bits per heavy atom. The van der Waals surface area contributed by atoms with Crippen LogP contribution in [0.15, 0.2) is 66.7 Å². The van der Waals surface area contributed by atoms with Gasteiger partial charge >= 0.3 is 0 Å². The van der Waals surface area contributed by atoms with Crippen LogP contribution in [0.25, 0.3) is 20.8 Å². The van der Waals surface area contributed by atoms with Crippen molar-refractivity contribution in [2.24, 2.45) is 0 Å². The predicted octanol–water partition coefficient (Wildman–Crippen LogP) is 5.30. The van der Waals surface area contributed by atoms with Crippen molar-refractivity contribution in [1.82, 2.24) is 0 Å². The Hall–Kier alpha value is -2.19. The molecule has 0 aliphatic heterocycles. The first kappa shape index (κ1) is 12.5. The first-order valence-electron chi connectivity index (χ1n) is 6.79. The molecule has 1 aliphatic carbocycles. The Morgan fingerprint density at radius 3 is 2.10 bits per heavy atom. The van der Waals surface area contributed by atoms with E-state index in [-0.39, 0.29) is 5.78 Å². The van der Waals surface area contributed by atoms with E-state index < -0.39 is 0 Å². The van der Waals surface area contributed by atoms with Crippen molar-refractivity contribution in [3.63, 3.8) is 0 Å². The highest BCUT2D eigenvalue weighted by atomic mass is 79.9. The molecule has 0 bridgehead atoms. The summed E-state index contributed by atoms with van der Waals surface area (Å²) in [6.45, 7) is 0. The van der Waals surface area contributed by atoms with Crippen LogP contribution in [-0.2, 0) is 0 Å². The molecule has 0 amide bonds. The normalized spacial score (nSPS) is 13.9. The summed E-state index contributed by atoms with van der Waals surface area (Å²) < 4.78 is 0.888. The van der Waals surface area contributed by atoms with E-state index in [9.17, 15) is 4.79 Å². The van der Waals surface area contributed by atoms with Gasteiger partial charge in [-0.25, -0.2) is 0 Å². The third-order valence-electron chi connectivity index (χ3n) is 3.91. The Bertz CT molecular complexity index is 916. The maximum Gasteiger partial charge on any atom is 0.195 e. The fourth-order valence-corrected chi connectivity index (χ4v) is 3.66. The monoisotopic (exact) mass is 334 g/mol. The van der Waals surface area contributed by atoms with Gasteiger partial charge in [0.25, 0.3) is 0 Å². The molecule has 0 radical (unpaired) electrons. The van der Waals surface area contributed by atoms with E-state index in [0.29, 0.717) is 0 Å². The van der Waals surface area contributed by atoms with Crippen molar-refractivity contribution in [2.75, 3.05) is 0 Å². The summed E-state index contributed by atoms with van der Waals surface area (Å²) in [6.07, 6.45) is 0. The second-order valence-corrected chi connectivity index (χ2v) is 5.88. The number of benzene rings is 3. The predicted molar refractivity (Wildman–Crippen MR) is 90.5 cm³/mol. The maximum absolute atomic E-state index is 12.8. The summed E-state index contributed by atoms with van der Waals surface area (Å²) in [5.41, 5.74) is 3.49. The minimum Gasteiger partial charge on any atom is -0.289 e. The highest BCUT2D eigenvalue weighted by Crippen LogP contribution is 2.43. The molecule has 0 aromatic heterocycles. The molecule has 0 saturated heterocycles. The van der Waals surface area contributed by atoms with Gasteiger partial charge in [0.2, 0.25) is 0 Å². The number of ketones is 1. The average molecular weight is 335 g/mol. The molecule has 2 heteroatoms. The third kappa shape index (κ3) is 1.79. The molecule has 4 rings (SSSR count). The van der Waals surface area contributed by atoms with Crippen molar-refractivity contribution in [3.05, 3.63) is 83.4 Å². The average Bonchev–Trinajstić information content (AvgIpc) is 2.79. The van der Waals surface area contributed by atoms with Gasteiger partial charge in [-0.05, 0) is 32.3 Å². The summed E-state index contributed by atoms with van der Waals surface area (Å²) >= 11 is 3.63. The molecule has 0 N–H and O–H groups in total. The van der Waals surface area contributed by atoms with Crippen molar-refractivity contribution < 1.29 is 4.79 Å². The Balaban J connectivity index is 2.03. The van der Waals surface area contributed by atoms with Gasteiger partial charge in [0.1, 0.15) is 0 Å². The number of allylic oxidation sites excluding steroid dienone is 1. The van der Waals surface area contributed by atoms with Gasteiger partial charge < -0.3 is 0 Å². The van der Waals surface area contributed by atoms with Gasteiger partial charge in [0, 0.05) is 21.2 Å². The highest BCUT2D eigenvalue weighted by Gasteiger charge is 2.29. The molecule has 0 fully saturated rings. The Labute approximate surface area is 131 Å². The molecule has 3 aromatic carbocycles. The maximum atomic E-state index is 12.8. The number of Topliss-reactive ketones (excluding diaryl/α,β-unsaturated/α-hetero) is 1. The van der Waals surface area contributed by atoms with Crippen LogP contribution in [0.4, 0.5) is 0 Å². The summed E-state index contributed by atoms with van der Waals surface area (Å²) in [7, 11) is 0. The lowest BCUT2D eigenvalue weighted by Gasteiger charge is -2.07. The highest BCUT2D eigenvalue weighted by molar-refractivity contribution is 9.15. The molecule has 21 heavy (non-hydrogen) atoms. The van der Waals surface area contributed by atoms with E-state index in [1.54, 1.807) is 0 Å². The lowest BCUT2D eigenvalue weighted by Crippen LogP contribution is -1.98. The topological polar surface area (TPSA) is 17.1 Å². The van der Waals surface area contributed by atoms with E-state index in [0.717, 1.165) is 37.5 Å². The van der Waals surface area contributed by atoms with Gasteiger partial charge in [-0.3, -0.25) is 4.79 Å². The minimum atomic E-state index is 0.0915. The summed E-state index contributed by atoms with van der Waals surface area (Å²) in [5.74, 6) is 0.0915. The van der Waals surface area contributed by atoms with Crippen LogP contribution in [0.2, 0.25) is 0 Å². The second-order valence-electron chi connectivity index (χ2n) is 5.09. The van der Waals surface area contributed by atoms with E-state index in [4.69, 9.17) is 0 Å². The standard InChI is InChI=1S/C19H11BrO/c20-18-15-9-3-4-10-16(15)19(21)17(18)14-11-5-7-12-6-1-2-8-13(12)14/h1-11H. The molecule has 1 aliphatic rings. The van der Waals surface area contributed by atoms with Gasteiger partial charge in [-0.2, -0.15) is 0 Å². The molecule has 0 spiro atoms. The molecule has 1 nitrogen and oxygen atoms in total. The second kappa shape index (κ2) is 4.68. The molecule has 0 heterocycles. The first-order valence-corrected chi connectivity index (χ1v) is 7.58. The molecule has 100 valence electrons. The molecular formula is C19H11BrO. The van der Waals surface area contributed by atoms with Gasteiger partial charge in [-0.1, -0.05) is 66.7 Å². The number of hydrogen-bond acceptors (Lipinski definition) is 1. The summed E-state index contributed by atoms with van der Waals surface area (Å²) in [6, 6.07) is 22.0. The van der Waals surface area contributed by atoms with E-state index in [1.165, 1.54) is 0 Å². The van der Waals surface area contributed by atoms with Crippen molar-refractivity contribution >= 4 is 42.5 Å². The summed E-state index contributed by atoms with van der Waals surface area (Å²) in [4.78, 5) is 12.8. The van der Waals surface area contributed by atoms with Gasteiger partial charge in [0.15, 0.2) is 5.78 Å². The minimum absolute atomic E-state index is 0.0915. The fraction of sp³-hybridized carbons (Fsp3) is 0. The van der Waals surface area contributed by atoms with E-state index in [1.807, 2.05) is 48.5 Å². The molecule has 0 saturated carbocycles. The number of carbonyl (C=O) groups is 1. The van der Waals surface area contributed by atoms with Crippen LogP contribution in [0.3, 0.4) is 0 Å². The van der Waals surface area contributed by atoms with Crippen molar-refractivity contribution in [3.8, 4) is 0 Å². The van der Waals surface area contributed by atoms with Crippen molar-refractivity contribution in [1.29, 1.82) is 0 Å². The van der Waals surface area contributed by atoms with Crippen LogP contribution >= 0.6 is 15.9 Å². The third-order valence-corrected chi connectivity index (χ3v) is 4.74. The number of carbonyl (C=O) groups excluding carboxylic acids is 1. The summed E-state index contributed by atoms with van der Waals surface area (Å²) in [5, 5.41) is 2.25. The Kier molecular flexibility index (Phi) is 2.79. The first-order chi connectivity index (χ1) is 10.3. The van der Waals surface area contributed by atoms with E-state index in [2.05, 4.69) is 34.1 Å². The van der Waals surface area contributed by atoms with Crippen LogP contribution in [0.5, 0.6) is 0 Å². The SMILES string of the molecule is O=C1C(c2cccc3ccccc23)=C(Br)c2ccccc21. The number of hydrogen-bond donors (Lipinski definition) is 0. The number of fused-ring (bicyclic) bond motifs is 2. The van der Waals surface area contributed by atoms with Crippen LogP contribution in [0, 0.1) is 0 Å². The molecular weight excluding hydrogens is 324 g/mol. The zero-order chi connectivity index (χ0) is 14.4. The van der Waals surface area contributed by atoms with Crippen LogP contribution in [-0.4, -0.2) is 5.78 Å². The largest absolute Gasteiger partial charge is 0.289 e. The number of rotatable bonds is 1. The van der Waals surface area contributed by atoms with E-state index >= 15 is 0 Å². The van der Waals surface area contributed by atoms with Gasteiger partial charge in [0.05, 0.1) is 0 Å². The zero-order valence-electron chi connectivity index (χ0n) is 11.1. The Morgan fingerprint density at radius 2 is 1.29 bits per heavy atom. The zero-order valence-corrected chi connectivity index (χ0v) is 12.7. The quantitative estimate of drug-likeness (QED) is 0.590. The van der Waals surface area contributed by atoms with Gasteiger partial charge in [-0.15, -0.1) is 0 Å². The smallest absolute Gasteiger partial charge is 0.195 e. The molecule has 0 unspecified atom stereocenters. The lowest BCUT2D eigenvalue weighted by molar-refractivity contribution is 0.105. The van der Waals surface area contributed by atoms with Crippen molar-refractivity contribution in [2.45, 2.75) is 0 Å². The lowest BCUT2D eigenvalue weighted by atomic mass is 9.96.